The van der Waals surface area contributed by atoms with Gasteiger partial charge in [-0.25, -0.2) is 4.98 Å². The van der Waals surface area contributed by atoms with Crippen LogP contribution >= 0.6 is 0 Å². The molecule has 1 aliphatic carbocycles. The largest absolute Gasteiger partial charge is 0.469 e. The van der Waals surface area contributed by atoms with Gasteiger partial charge >= 0.3 is 5.69 Å². The molecule has 0 bridgehead atoms. The number of nitrogens with two attached hydrogens (primary N) is 1. The summed E-state index contributed by atoms with van der Waals surface area (Å²) in [5.41, 5.74) is 7.69. The SMILES string of the molecule is CCC(CC)Oc1nc(C)nc(C2(C)C=C(C)C=C(C)C2N)c1[N+](=O)[O-]. The monoisotopic (exact) mass is 360 g/mol. The Balaban J connectivity index is 2.71. The Morgan fingerprint density at radius 3 is 2.46 bits per heavy atom. The summed E-state index contributed by atoms with van der Waals surface area (Å²) in [4.78, 5) is 20.2. The first-order valence-electron chi connectivity index (χ1n) is 8.97. The van der Waals surface area contributed by atoms with Crippen LogP contribution in [0.4, 0.5) is 5.69 Å². The normalized spacial score (nSPS) is 22.8. The van der Waals surface area contributed by atoms with Gasteiger partial charge in [-0.05, 0) is 40.5 Å². The van der Waals surface area contributed by atoms with Crippen LogP contribution in [0.25, 0.3) is 0 Å². The Morgan fingerprint density at radius 1 is 1.31 bits per heavy atom. The minimum Gasteiger partial charge on any atom is -0.469 e. The molecule has 0 aromatic carbocycles. The Morgan fingerprint density at radius 2 is 1.92 bits per heavy atom. The van der Waals surface area contributed by atoms with Gasteiger partial charge in [0, 0.05) is 6.04 Å². The van der Waals surface area contributed by atoms with E-state index in [9.17, 15) is 10.1 Å². The van der Waals surface area contributed by atoms with Crippen molar-refractivity contribution < 1.29 is 9.66 Å². The van der Waals surface area contributed by atoms with E-state index in [0.717, 1.165) is 24.0 Å². The van der Waals surface area contributed by atoms with E-state index in [0.29, 0.717) is 11.5 Å². The van der Waals surface area contributed by atoms with Crippen molar-refractivity contribution in [3.05, 3.63) is 44.9 Å². The number of allylic oxidation sites excluding steroid dienone is 2. The Hall–Kier alpha value is -2.28. The summed E-state index contributed by atoms with van der Waals surface area (Å²) in [6, 6.07) is -0.416. The first kappa shape index (κ1) is 20.0. The molecular weight excluding hydrogens is 332 g/mol. The summed E-state index contributed by atoms with van der Waals surface area (Å²) < 4.78 is 5.88. The van der Waals surface area contributed by atoms with E-state index in [4.69, 9.17) is 10.5 Å². The van der Waals surface area contributed by atoms with Crippen LogP contribution in [0.2, 0.25) is 0 Å². The summed E-state index contributed by atoms with van der Waals surface area (Å²) in [5.74, 6) is 0.455. The molecule has 1 heterocycles. The van der Waals surface area contributed by atoms with E-state index in [2.05, 4.69) is 9.97 Å². The third-order valence-corrected chi connectivity index (χ3v) is 4.97. The number of ether oxygens (including phenoxy) is 1. The van der Waals surface area contributed by atoms with Crippen molar-refractivity contribution in [1.29, 1.82) is 0 Å². The molecule has 2 atom stereocenters. The third-order valence-electron chi connectivity index (χ3n) is 4.97. The Bertz CT molecular complexity index is 768. The first-order chi connectivity index (χ1) is 12.1. The van der Waals surface area contributed by atoms with Crippen molar-refractivity contribution in [1.82, 2.24) is 9.97 Å². The standard InChI is InChI=1S/C19H28N4O3/c1-7-14(8-2)26-18-15(23(24)25)17(21-13(5)22-18)19(6)10-11(3)9-12(4)16(19)20/h9-10,14,16H,7-8,20H2,1-6H3. The molecule has 2 N–H and O–H groups in total. The van der Waals surface area contributed by atoms with Gasteiger partial charge in [0.1, 0.15) is 17.6 Å². The highest BCUT2D eigenvalue weighted by atomic mass is 16.6. The second-order valence-electron chi connectivity index (χ2n) is 7.12. The van der Waals surface area contributed by atoms with Crippen LogP contribution in [0.3, 0.4) is 0 Å². The minimum absolute atomic E-state index is 0.0258. The van der Waals surface area contributed by atoms with Crippen LogP contribution in [-0.2, 0) is 5.41 Å². The molecule has 1 aliphatic rings. The van der Waals surface area contributed by atoms with Crippen LogP contribution in [-0.4, -0.2) is 27.0 Å². The molecule has 0 spiro atoms. The maximum absolute atomic E-state index is 11.9. The smallest absolute Gasteiger partial charge is 0.353 e. The maximum atomic E-state index is 11.9. The zero-order chi connectivity index (χ0) is 19.6. The van der Waals surface area contributed by atoms with Gasteiger partial charge in [-0.15, -0.1) is 0 Å². The van der Waals surface area contributed by atoms with Crippen molar-refractivity contribution >= 4 is 5.69 Å². The highest BCUT2D eigenvalue weighted by Crippen LogP contribution is 2.42. The third kappa shape index (κ3) is 3.62. The summed E-state index contributed by atoms with van der Waals surface area (Å²) in [7, 11) is 0. The van der Waals surface area contributed by atoms with E-state index >= 15 is 0 Å². The van der Waals surface area contributed by atoms with Crippen LogP contribution in [0.15, 0.2) is 23.3 Å². The number of rotatable bonds is 6. The molecule has 0 saturated carbocycles. The Labute approximate surface area is 154 Å². The lowest BCUT2D eigenvalue weighted by molar-refractivity contribution is -0.387. The summed E-state index contributed by atoms with van der Waals surface area (Å²) in [5, 5.41) is 11.9. The number of hydrogen-bond acceptors (Lipinski definition) is 6. The molecule has 1 aromatic heterocycles. The number of aromatic nitrogens is 2. The molecule has 2 rings (SSSR count). The van der Waals surface area contributed by atoms with Crippen LogP contribution < -0.4 is 10.5 Å². The first-order valence-corrected chi connectivity index (χ1v) is 8.97. The van der Waals surface area contributed by atoms with Crippen molar-refractivity contribution in [3.63, 3.8) is 0 Å². The zero-order valence-corrected chi connectivity index (χ0v) is 16.4. The van der Waals surface area contributed by atoms with Crippen molar-refractivity contribution in [2.75, 3.05) is 0 Å². The molecule has 26 heavy (non-hydrogen) atoms. The van der Waals surface area contributed by atoms with Gasteiger partial charge in [0.25, 0.3) is 5.88 Å². The quantitative estimate of drug-likeness (QED) is 0.612. The van der Waals surface area contributed by atoms with E-state index in [1.165, 1.54) is 0 Å². The van der Waals surface area contributed by atoms with Crippen LogP contribution in [0, 0.1) is 17.0 Å². The van der Waals surface area contributed by atoms with E-state index < -0.39 is 16.4 Å². The predicted octanol–water partition coefficient (Wildman–Crippen LogP) is 3.75. The highest BCUT2D eigenvalue weighted by Gasteiger charge is 2.43. The van der Waals surface area contributed by atoms with Crippen molar-refractivity contribution in [3.8, 4) is 5.88 Å². The molecule has 1 aromatic rings. The molecule has 0 saturated heterocycles. The van der Waals surface area contributed by atoms with Gasteiger partial charge in [0.15, 0.2) is 0 Å². The predicted molar refractivity (Wildman–Crippen MR) is 101 cm³/mol. The highest BCUT2D eigenvalue weighted by molar-refractivity contribution is 5.54. The lowest BCUT2D eigenvalue weighted by Crippen LogP contribution is -2.45. The molecule has 7 nitrogen and oxygen atoms in total. The fourth-order valence-electron chi connectivity index (χ4n) is 3.52. The summed E-state index contributed by atoms with van der Waals surface area (Å²) in [6.07, 6.45) is 5.28. The number of nitro groups is 1. The average Bonchev–Trinajstić information content (AvgIpc) is 2.56. The molecule has 7 heteroatoms. The maximum Gasteiger partial charge on any atom is 0.353 e. The molecular formula is C19H28N4O3. The number of nitrogens with zero attached hydrogens (tertiary/aromatic N) is 3. The minimum atomic E-state index is -0.814. The van der Waals surface area contributed by atoms with Gasteiger partial charge in [-0.1, -0.05) is 37.1 Å². The zero-order valence-electron chi connectivity index (χ0n) is 16.4. The molecule has 142 valence electrons. The van der Waals surface area contributed by atoms with Gasteiger partial charge in [-0.3, -0.25) is 10.1 Å². The van der Waals surface area contributed by atoms with Gasteiger partial charge in [0.2, 0.25) is 0 Å². The van der Waals surface area contributed by atoms with Crippen molar-refractivity contribution in [2.45, 2.75) is 71.9 Å². The molecule has 2 unspecified atom stereocenters. The van der Waals surface area contributed by atoms with Crippen LogP contribution in [0.1, 0.15) is 59.0 Å². The van der Waals surface area contributed by atoms with E-state index in [1.54, 1.807) is 6.92 Å². The summed E-state index contributed by atoms with van der Waals surface area (Å²) in [6.45, 7) is 11.4. The number of hydrogen-bond donors (Lipinski definition) is 1. The van der Waals surface area contributed by atoms with Gasteiger partial charge in [-0.2, -0.15) is 4.98 Å². The molecule has 0 fully saturated rings. The summed E-state index contributed by atoms with van der Waals surface area (Å²) >= 11 is 0. The Kier molecular flexibility index (Phi) is 5.81. The van der Waals surface area contributed by atoms with Gasteiger partial charge < -0.3 is 10.5 Å². The molecule has 0 radical (unpaired) electrons. The average molecular weight is 360 g/mol. The topological polar surface area (TPSA) is 104 Å². The fourth-order valence-corrected chi connectivity index (χ4v) is 3.52. The second-order valence-corrected chi connectivity index (χ2v) is 7.12. The van der Waals surface area contributed by atoms with Crippen LogP contribution in [0.5, 0.6) is 5.88 Å². The van der Waals surface area contributed by atoms with Gasteiger partial charge in [0.05, 0.1) is 10.3 Å². The molecule has 0 amide bonds. The second kappa shape index (κ2) is 7.53. The lowest BCUT2D eigenvalue weighted by atomic mass is 9.71. The van der Waals surface area contributed by atoms with E-state index in [-0.39, 0.29) is 17.7 Å². The van der Waals surface area contributed by atoms with Crippen molar-refractivity contribution in [2.24, 2.45) is 5.73 Å². The fraction of sp³-hybridized carbons (Fsp3) is 0.579. The molecule has 0 aliphatic heterocycles. The number of aryl methyl sites for hydroxylation is 1. The van der Waals surface area contributed by atoms with E-state index in [1.807, 2.05) is 46.8 Å². The lowest BCUT2D eigenvalue weighted by Gasteiger charge is -2.36.